The van der Waals surface area contributed by atoms with Crippen LogP contribution in [0.2, 0.25) is 0 Å². The fraction of sp³-hybridized carbons (Fsp3) is 0.630. The smallest absolute Gasteiger partial charge is 0.408 e. The molecule has 0 bridgehead atoms. The SMILES string of the molecule is CCCC1O[C@@H]2CC3[C@@H]4C[C@H](F)C5=CC(=O)C=C[C@]5(C)[C@@]4(F)[C@@H](O)C[C@]3(C)[C@]2(C(=O)COC(=O)C(C)(C)NC(=O)[C@H](CO)NC(=O)OCc2ccc(NC(=O)CCCCNC(N)=O)cc2)O1. The van der Waals surface area contributed by atoms with Gasteiger partial charge in [-0.3, -0.25) is 19.2 Å². The number of carbonyl (C=O) groups is 7. The van der Waals surface area contributed by atoms with Crippen molar-refractivity contribution in [3.63, 3.8) is 0 Å². The maximum absolute atomic E-state index is 17.8. The molecule has 0 spiro atoms. The molecule has 0 radical (unpaired) electrons. The van der Waals surface area contributed by atoms with Crippen LogP contribution in [0.25, 0.3) is 0 Å². The molecule has 0 aromatic heterocycles. The molecule has 1 heterocycles. The summed E-state index contributed by atoms with van der Waals surface area (Å²) in [4.78, 5) is 89.3. The van der Waals surface area contributed by atoms with Crippen LogP contribution in [-0.2, 0) is 49.5 Å². The highest BCUT2D eigenvalue weighted by atomic mass is 19.1. The number of unbranched alkanes of at least 4 members (excludes halogenated alkanes) is 1. The summed E-state index contributed by atoms with van der Waals surface area (Å²) < 4.78 is 57.4. The summed E-state index contributed by atoms with van der Waals surface area (Å²) in [5.41, 5.74) is -3.05. The molecule has 4 fully saturated rings. The van der Waals surface area contributed by atoms with E-state index in [9.17, 15) is 43.8 Å². The Balaban J connectivity index is 1.05. The van der Waals surface area contributed by atoms with Crippen LogP contribution in [0.5, 0.6) is 0 Å². The highest BCUT2D eigenvalue weighted by Crippen LogP contribution is 2.72. The number of ether oxygens (including phenoxy) is 4. The number of aliphatic hydroxyl groups is 2. The van der Waals surface area contributed by atoms with Crippen molar-refractivity contribution >= 4 is 47.2 Å². The number of fused-ring (bicyclic) bond motifs is 7. The Labute approximate surface area is 381 Å². The third kappa shape index (κ3) is 9.33. The van der Waals surface area contributed by atoms with Crippen molar-refractivity contribution in [1.82, 2.24) is 16.0 Å². The molecule has 66 heavy (non-hydrogen) atoms. The van der Waals surface area contributed by atoms with Crippen molar-refractivity contribution in [1.29, 1.82) is 0 Å². The van der Waals surface area contributed by atoms with Crippen LogP contribution in [0.4, 0.5) is 24.1 Å². The molecule has 20 heteroatoms. The average molecular weight is 930 g/mol. The van der Waals surface area contributed by atoms with Gasteiger partial charge in [0.25, 0.3) is 0 Å². The Morgan fingerprint density at radius 1 is 1.05 bits per heavy atom. The van der Waals surface area contributed by atoms with Crippen LogP contribution in [0.3, 0.4) is 0 Å². The number of rotatable bonds is 18. The predicted molar refractivity (Wildman–Crippen MR) is 230 cm³/mol. The maximum atomic E-state index is 17.8. The van der Waals surface area contributed by atoms with E-state index in [-0.39, 0.29) is 43.8 Å². The van der Waals surface area contributed by atoms with Crippen LogP contribution in [-0.4, -0.2) is 119 Å². The lowest BCUT2D eigenvalue weighted by Crippen LogP contribution is -2.71. The summed E-state index contributed by atoms with van der Waals surface area (Å²) in [5.74, 6) is -5.36. The number of alkyl halides is 2. The van der Waals surface area contributed by atoms with E-state index in [0.717, 1.165) is 6.08 Å². The number of hydrogen-bond acceptors (Lipinski definition) is 13. The number of aliphatic hydroxyl groups excluding tert-OH is 2. The second-order valence-corrected chi connectivity index (χ2v) is 18.9. The first-order valence-corrected chi connectivity index (χ1v) is 22.3. The largest absolute Gasteiger partial charge is 0.456 e. The highest BCUT2D eigenvalue weighted by molar-refractivity contribution is 6.01. The lowest BCUT2D eigenvalue weighted by molar-refractivity contribution is -0.235. The van der Waals surface area contributed by atoms with Gasteiger partial charge in [-0.25, -0.2) is 23.2 Å². The zero-order chi connectivity index (χ0) is 48.4. The average Bonchev–Trinajstić information content (AvgIpc) is 3.74. The Hall–Kier alpha value is -5.31. The number of benzene rings is 1. The number of urea groups is 1. The maximum Gasteiger partial charge on any atom is 0.408 e. The number of primary amides is 1. The van der Waals surface area contributed by atoms with Gasteiger partial charge in [-0.1, -0.05) is 38.5 Å². The number of carbonyl (C=O) groups excluding carboxylic acids is 7. The van der Waals surface area contributed by atoms with Crippen molar-refractivity contribution in [2.24, 2.45) is 28.4 Å². The Morgan fingerprint density at radius 2 is 1.76 bits per heavy atom. The molecule has 362 valence electrons. The number of halogens is 2. The minimum Gasteiger partial charge on any atom is -0.456 e. The molecule has 6 rings (SSSR count). The van der Waals surface area contributed by atoms with Crippen molar-refractivity contribution < 1.29 is 71.5 Å². The summed E-state index contributed by atoms with van der Waals surface area (Å²) in [6.45, 7) is 5.99. The van der Waals surface area contributed by atoms with Crippen molar-refractivity contribution in [2.75, 3.05) is 25.1 Å². The Morgan fingerprint density at radius 3 is 2.42 bits per heavy atom. The number of esters is 1. The van der Waals surface area contributed by atoms with Crippen LogP contribution in [0, 0.1) is 22.7 Å². The second-order valence-electron chi connectivity index (χ2n) is 18.9. The van der Waals surface area contributed by atoms with Gasteiger partial charge < -0.3 is 56.2 Å². The summed E-state index contributed by atoms with van der Waals surface area (Å²) >= 11 is 0. The van der Waals surface area contributed by atoms with Gasteiger partial charge in [-0.05, 0) is 101 Å². The van der Waals surface area contributed by atoms with Crippen molar-refractivity contribution in [2.45, 2.75) is 140 Å². The summed E-state index contributed by atoms with van der Waals surface area (Å²) in [6, 6.07) is 4.20. The van der Waals surface area contributed by atoms with Gasteiger partial charge in [-0.2, -0.15) is 0 Å². The molecule has 4 aliphatic carbocycles. The monoisotopic (exact) mass is 929 g/mol. The summed E-state index contributed by atoms with van der Waals surface area (Å²) in [6.07, 6.45) is -0.925. The van der Waals surface area contributed by atoms with Crippen LogP contribution in [0.1, 0.15) is 91.5 Å². The molecular formula is C46H61F2N5O13. The van der Waals surface area contributed by atoms with E-state index in [4.69, 9.17) is 24.7 Å². The van der Waals surface area contributed by atoms with E-state index in [1.165, 1.54) is 32.9 Å². The van der Waals surface area contributed by atoms with E-state index >= 15 is 8.78 Å². The number of ketones is 2. The van der Waals surface area contributed by atoms with E-state index in [1.54, 1.807) is 31.2 Å². The van der Waals surface area contributed by atoms with Gasteiger partial charge >= 0.3 is 18.1 Å². The number of hydrogen-bond donors (Lipinski definition) is 7. The first kappa shape index (κ1) is 50.1. The van der Waals surface area contributed by atoms with Crippen molar-refractivity contribution in [3.8, 4) is 0 Å². The zero-order valence-electron chi connectivity index (χ0n) is 37.8. The van der Waals surface area contributed by atoms with Gasteiger partial charge in [0.2, 0.25) is 17.6 Å². The topological polar surface area (TPSA) is 271 Å². The fourth-order valence-corrected chi connectivity index (χ4v) is 10.8. The molecule has 1 aromatic rings. The van der Waals surface area contributed by atoms with E-state index in [1.807, 2.05) is 6.92 Å². The Kier molecular flexibility index (Phi) is 14.8. The van der Waals surface area contributed by atoms with Crippen LogP contribution >= 0.6 is 0 Å². The highest BCUT2D eigenvalue weighted by Gasteiger charge is 2.80. The number of nitrogens with two attached hydrogens (primary N) is 1. The first-order valence-electron chi connectivity index (χ1n) is 22.3. The third-order valence-electron chi connectivity index (χ3n) is 14.2. The zero-order valence-corrected chi connectivity index (χ0v) is 37.8. The number of allylic oxidation sites excluding steroid dienone is 4. The summed E-state index contributed by atoms with van der Waals surface area (Å²) in [7, 11) is 0. The van der Waals surface area contributed by atoms with Crippen LogP contribution < -0.4 is 27.0 Å². The van der Waals surface area contributed by atoms with Crippen molar-refractivity contribution in [3.05, 3.63) is 53.6 Å². The molecule has 5 amide bonds. The van der Waals surface area contributed by atoms with Gasteiger partial charge in [0, 0.05) is 35.4 Å². The second kappa shape index (κ2) is 19.5. The molecule has 5 aliphatic rings. The minimum absolute atomic E-state index is 0.0379. The molecule has 1 aromatic carbocycles. The Bertz CT molecular complexity index is 2140. The molecule has 8 N–H and O–H groups in total. The molecule has 1 saturated heterocycles. The van der Waals surface area contributed by atoms with E-state index < -0.39 is 119 Å². The lowest BCUT2D eigenvalue weighted by atomic mass is 9.44. The quantitative estimate of drug-likeness (QED) is 0.0824. The van der Waals surface area contributed by atoms with Gasteiger partial charge in [0.15, 0.2) is 29.9 Å². The molecular weight excluding hydrogens is 869 g/mol. The third-order valence-corrected chi connectivity index (χ3v) is 14.2. The van der Waals surface area contributed by atoms with E-state index in [2.05, 4.69) is 21.3 Å². The normalized spacial score (nSPS) is 32.3. The number of amides is 5. The first-order chi connectivity index (χ1) is 31.1. The number of alkyl carbamates (subject to hydrolysis) is 1. The number of nitrogens with one attached hydrogen (secondary N) is 4. The minimum atomic E-state index is -2.41. The molecule has 3 saturated carbocycles. The summed E-state index contributed by atoms with van der Waals surface area (Å²) in [5, 5.41) is 31.7. The van der Waals surface area contributed by atoms with Crippen LogP contribution in [0.15, 0.2) is 48.1 Å². The molecule has 18 nitrogen and oxygen atoms in total. The van der Waals surface area contributed by atoms with Gasteiger partial charge in [-0.15, -0.1) is 0 Å². The predicted octanol–water partition coefficient (Wildman–Crippen LogP) is 3.27. The van der Waals surface area contributed by atoms with E-state index in [0.29, 0.717) is 43.5 Å². The standard InChI is InChI=1S/C46H61F2N5O13/c1-6-9-37-65-35-20-28-29-19-31(47)30-18-27(55)15-16-43(30,4)45(29,48)33(56)21-44(28,5)46(35,66-37)34(57)24-63-39(60)42(2,3)53-38(59)32(22-54)52-41(62)64-23-25-11-13-26(14-12-25)51-36(58)10-7-8-17-50-40(49)61/h11-16,18,28-29,31-33,35,37,54,56H,6-10,17,19-24H2,1-5H3,(H,51,58)(H,52,62)(H,53,59)(H3,49,50,61)/t28?,29-,31-,32-,33-,35+,37?,43-,44-,45-,46+/m0/s1. The fourth-order valence-electron chi connectivity index (χ4n) is 10.8. The lowest BCUT2D eigenvalue weighted by Gasteiger charge is -2.63. The number of anilines is 1. The molecule has 2 unspecified atom stereocenters. The number of Topliss-reactive ketones (excluding diaryl/α,β-unsaturated/α-hetero) is 1. The van der Waals surface area contributed by atoms with Gasteiger partial charge in [0.1, 0.15) is 24.4 Å². The molecule has 11 atom stereocenters. The van der Waals surface area contributed by atoms with Gasteiger partial charge in [0.05, 0.1) is 18.8 Å². The molecule has 1 aliphatic heterocycles.